The van der Waals surface area contributed by atoms with Crippen LogP contribution in [-0.4, -0.2) is 19.3 Å². The van der Waals surface area contributed by atoms with E-state index in [9.17, 15) is 4.79 Å². The number of aromatic nitrogens is 4. The molecule has 0 saturated heterocycles. The van der Waals surface area contributed by atoms with Crippen LogP contribution >= 0.6 is 0 Å². The van der Waals surface area contributed by atoms with Gasteiger partial charge in [-0.3, -0.25) is 9.89 Å². The van der Waals surface area contributed by atoms with Crippen molar-refractivity contribution in [3.05, 3.63) is 70.2 Å². The Bertz CT molecular complexity index is 810. The number of benzene rings is 1. The van der Waals surface area contributed by atoms with E-state index in [0.29, 0.717) is 6.54 Å². The molecular weight excluding hydrogens is 288 g/mol. The minimum absolute atomic E-state index is 0.00132. The zero-order valence-corrected chi connectivity index (χ0v) is 13.6. The first-order chi connectivity index (χ1) is 11.2. The van der Waals surface area contributed by atoms with Crippen molar-refractivity contribution in [2.45, 2.75) is 39.7 Å². The lowest BCUT2D eigenvalue weighted by Gasteiger charge is -2.05. The van der Waals surface area contributed by atoms with E-state index in [4.69, 9.17) is 0 Å². The van der Waals surface area contributed by atoms with Crippen LogP contribution in [-0.2, 0) is 13.0 Å². The van der Waals surface area contributed by atoms with Crippen LogP contribution in [0.25, 0.3) is 5.69 Å². The van der Waals surface area contributed by atoms with Gasteiger partial charge in [0.15, 0.2) is 0 Å². The van der Waals surface area contributed by atoms with Crippen LogP contribution in [0.2, 0.25) is 0 Å². The second kappa shape index (κ2) is 6.69. The highest BCUT2D eigenvalue weighted by molar-refractivity contribution is 5.35. The lowest BCUT2D eigenvalue weighted by atomic mass is 10.1. The predicted octanol–water partition coefficient (Wildman–Crippen LogP) is 3.06. The minimum Gasteiger partial charge on any atom is -0.332 e. The average molecular weight is 310 g/mol. The molecule has 0 bridgehead atoms. The van der Waals surface area contributed by atoms with E-state index in [2.05, 4.69) is 29.1 Å². The summed E-state index contributed by atoms with van der Waals surface area (Å²) < 4.78 is 3.56. The first kappa shape index (κ1) is 15.3. The number of imidazole rings is 1. The van der Waals surface area contributed by atoms with Crippen LogP contribution in [0.1, 0.15) is 36.6 Å². The summed E-state index contributed by atoms with van der Waals surface area (Å²) in [5.74, 6) is 0. The van der Waals surface area contributed by atoms with Crippen molar-refractivity contribution in [3.63, 3.8) is 0 Å². The molecule has 23 heavy (non-hydrogen) atoms. The van der Waals surface area contributed by atoms with Gasteiger partial charge in [-0.2, -0.15) is 0 Å². The molecule has 1 N–H and O–H groups in total. The molecule has 5 heteroatoms. The van der Waals surface area contributed by atoms with E-state index < -0.39 is 0 Å². The van der Waals surface area contributed by atoms with E-state index >= 15 is 0 Å². The Morgan fingerprint density at radius 2 is 2.00 bits per heavy atom. The first-order valence-electron chi connectivity index (χ1n) is 8.04. The minimum atomic E-state index is 0.00132. The molecule has 0 spiro atoms. The third-order valence-electron chi connectivity index (χ3n) is 4.14. The van der Waals surface area contributed by atoms with Gasteiger partial charge in [0.1, 0.15) is 0 Å². The fourth-order valence-electron chi connectivity index (χ4n) is 2.66. The average Bonchev–Trinajstić information content (AvgIpc) is 3.18. The Morgan fingerprint density at radius 1 is 1.22 bits per heavy atom. The van der Waals surface area contributed by atoms with E-state index in [1.807, 2.05) is 29.8 Å². The first-order valence-corrected chi connectivity index (χ1v) is 8.04. The summed E-state index contributed by atoms with van der Waals surface area (Å²) in [6, 6.07) is 8.21. The highest BCUT2D eigenvalue weighted by Gasteiger charge is 2.11. The highest BCUT2D eigenvalue weighted by atomic mass is 16.1. The van der Waals surface area contributed by atoms with E-state index in [1.54, 1.807) is 17.2 Å². The summed E-state index contributed by atoms with van der Waals surface area (Å²) in [6.45, 7) is 4.66. The molecule has 2 aromatic heterocycles. The van der Waals surface area contributed by atoms with Gasteiger partial charge in [-0.25, -0.2) is 9.67 Å². The number of nitrogens with zero attached hydrogens (tertiary/aromatic N) is 3. The van der Waals surface area contributed by atoms with E-state index in [1.165, 1.54) is 18.4 Å². The van der Waals surface area contributed by atoms with E-state index in [-0.39, 0.29) is 5.56 Å². The van der Waals surface area contributed by atoms with Gasteiger partial charge in [-0.15, -0.1) is 0 Å². The summed E-state index contributed by atoms with van der Waals surface area (Å²) >= 11 is 0. The molecule has 3 rings (SSSR count). The number of unbranched alkanes of at least 4 members (excludes halogenated alkanes) is 1. The van der Waals surface area contributed by atoms with Gasteiger partial charge in [-0.05, 0) is 37.5 Å². The van der Waals surface area contributed by atoms with Crippen molar-refractivity contribution in [2.75, 3.05) is 0 Å². The second-order valence-corrected chi connectivity index (χ2v) is 5.86. The normalized spacial score (nSPS) is 11.0. The number of rotatable bonds is 6. The molecule has 2 heterocycles. The maximum absolute atomic E-state index is 12.5. The second-order valence-electron chi connectivity index (χ2n) is 5.86. The molecule has 120 valence electrons. The highest BCUT2D eigenvalue weighted by Crippen LogP contribution is 2.12. The molecule has 0 saturated carbocycles. The fourth-order valence-corrected chi connectivity index (χ4v) is 2.66. The van der Waals surface area contributed by atoms with Crippen LogP contribution in [0, 0.1) is 6.92 Å². The molecule has 0 unspecified atom stereocenters. The van der Waals surface area contributed by atoms with Gasteiger partial charge in [0.2, 0.25) is 0 Å². The molecule has 0 fully saturated rings. The molecule has 0 aliphatic heterocycles. The standard InChI is InChI=1S/C18H22N4O/c1-3-4-5-15-6-8-16(9-7-15)22-18(23)14(2)17(20-22)12-21-11-10-19-13-21/h6-11,13,20H,3-5,12H2,1-2H3. The number of hydrogen-bond donors (Lipinski definition) is 1. The maximum atomic E-state index is 12.5. The Labute approximate surface area is 135 Å². The third-order valence-corrected chi connectivity index (χ3v) is 4.14. The monoisotopic (exact) mass is 310 g/mol. The molecule has 0 atom stereocenters. The quantitative estimate of drug-likeness (QED) is 0.761. The summed E-state index contributed by atoms with van der Waals surface area (Å²) in [4.78, 5) is 16.5. The number of aryl methyl sites for hydroxylation is 1. The summed E-state index contributed by atoms with van der Waals surface area (Å²) in [5, 5.41) is 3.22. The molecule has 0 radical (unpaired) electrons. The van der Waals surface area contributed by atoms with Crippen LogP contribution in [0.4, 0.5) is 0 Å². The lowest BCUT2D eigenvalue weighted by Crippen LogP contribution is -2.15. The third kappa shape index (κ3) is 3.28. The van der Waals surface area contributed by atoms with Crippen LogP contribution in [0.15, 0.2) is 47.8 Å². The molecular formula is C18H22N4O. The van der Waals surface area contributed by atoms with Crippen molar-refractivity contribution in [1.82, 2.24) is 19.3 Å². The fraction of sp³-hybridized carbons (Fsp3) is 0.333. The van der Waals surface area contributed by atoms with Crippen molar-refractivity contribution in [3.8, 4) is 5.69 Å². The summed E-state index contributed by atoms with van der Waals surface area (Å²) in [7, 11) is 0. The smallest absolute Gasteiger partial charge is 0.274 e. The predicted molar refractivity (Wildman–Crippen MR) is 91.1 cm³/mol. The van der Waals surface area contributed by atoms with Crippen molar-refractivity contribution >= 4 is 0 Å². The molecule has 3 aromatic rings. The van der Waals surface area contributed by atoms with Gasteiger partial charge >= 0.3 is 0 Å². The Kier molecular flexibility index (Phi) is 4.46. The number of hydrogen-bond acceptors (Lipinski definition) is 2. The van der Waals surface area contributed by atoms with Crippen LogP contribution in [0.5, 0.6) is 0 Å². The molecule has 5 nitrogen and oxygen atoms in total. The number of H-pyrrole nitrogens is 1. The van der Waals surface area contributed by atoms with Gasteiger partial charge in [0.25, 0.3) is 5.56 Å². The van der Waals surface area contributed by atoms with Crippen LogP contribution in [0.3, 0.4) is 0 Å². The maximum Gasteiger partial charge on any atom is 0.274 e. The lowest BCUT2D eigenvalue weighted by molar-refractivity contribution is 0.738. The molecule has 0 aliphatic rings. The summed E-state index contributed by atoms with van der Waals surface area (Å²) in [6.07, 6.45) is 8.83. The van der Waals surface area contributed by atoms with E-state index in [0.717, 1.165) is 23.4 Å². The zero-order valence-electron chi connectivity index (χ0n) is 13.6. The van der Waals surface area contributed by atoms with Crippen molar-refractivity contribution < 1.29 is 0 Å². The SMILES string of the molecule is CCCCc1ccc(-n2[nH]c(Cn3ccnc3)c(C)c2=O)cc1. The molecule has 0 aliphatic carbocycles. The zero-order chi connectivity index (χ0) is 16.2. The topological polar surface area (TPSA) is 55.6 Å². The van der Waals surface area contributed by atoms with Gasteiger partial charge in [-0.1, -0.05) is 25.5 Å². The Hall–Kier alpha value is -2.56. The number of aromatic amines is 1. The molecule has 0 amide bonds. The number of nitrogens with one attached hydrogen (secondary N) is 1. The van der Waals surface area contributed by atoms with Gasteiger partial charge < -0.3 is 4.57 Å². The largest absolute Gasteiger partial charge is 0.332 e. The summed E-state index contributed by atoms with van der Waals surface area (Å²) in [5.41, 5.74) is 3.83. The Morgan fingerprint density at radius 3 is 2.65 bits per heavy atom. The van der Waals surface area contributed by atoms with Crippen LogP contribution < -0.4 is 5.56 Å². The molecule has 1 aromatic carbocycles. The van der Waals surface area contributed by atoms with Gasteiger partial charge in [0, 0.05) is 18.0 Å². The van der Waals surface area contributed by atoms with Crippen molar-refractivity contribution in [2.24, 2.45) is 0 Å². The Balaban J connectivity index is 1.86. The van der Waals surface area contributed by atoms with Gasteiger partial charge in [0.05, 0.1) is 24.3 Å². The van der Waals surface area contributed by atoms with Crippen molar-refractivity contribution in [1.29, 1.82) is 0 Å².